The van der Waals surface area contributed by atoms with Gasteiger partial charge in [-0.15, -0.1) is 0 Å². The summed E-state index contributed by atoms with van der Waals surface area (Å²) in [5, 5.41) is 37.3. The number of ketones is 1. The first kappa shape index (κ1) is 19.7. The van der Waals surface area contributed by atoms with Crippen molar-refractivity contribution in [1.29, 1.82) is 0 Å². The van der Waals surface area contributed by atoms with Crippen molar-refractivity contribution in [2.75, 3.05) is 0 Å². The zero-order chi connectivity index (χ0) is 18.1. The molecule has 1 rings (SSSR count). The van der Waals surface area contributed by atoms with Crippen LogP contribution in [0, 0.1) is 0 Å². The first-order valence-corrected chi connectivity index (χ1v) is 7.96. The number of aliphatic hydroxyl groups excluding tert-OH is 1. The number of aromatic hydroxyl groups is 2. The highest BCUT2D eigenvalue weighted by Crippen LogP contribution is 2.28. The van der Waals surface area contributed by atoms with Gasteiger partial charge in [0.25, 0.3) is 0 Å². The van der Waals surface area contributed by atoms with Crippen LogP contribution >= 0.6 is 0 Å². The molecular weight excluding hydrogens is 312 g/mol. The minimum atomic E-state index is -1.28. The maximum atomic E-state index is 11.6. The molecule has 6 nitrogen and oxygen atoms in total. The van der Waals surface area contributed by atoms with Crippen molar-refractivity contribution in [1.82, 2.24) is 0 Å². The number of aliphatic hydroxyl groups is 1. The van der Waals surface area contributed by atoms with Crippen LogP contribution in [0.15, 0.2) is 18.2 Å². The van der Waals surface area contributed by atoms with Crippen molar-refractivity contribution >= 4 is 17.8 Å². The van der Waals surface area contributed by atoms with E-state index in [1.165, 1.54) is 12.1 Å². The molecule has 6 heteroatoms. The Labute approximate surface area is 141 Å². The molecule has 0 heterocycles. The number of Topliss-reactive ketones (excluding diaryl/α,β-unsaturated/α-hetero) is 1. The smallest absolute Gasteiger partial charge is 0.340 e. The molecule has 4 N–H and O–H groups in total. The van der Waals surface area contributed by atoms with Crippen LogP contribution in [0.2, 0.25) is 0 Å². The molecule has 1 aromatic carbocycles. The minimum Gasteiger partial charge on any atom is -0.508 e. The standard InChI is InChI=1S/C18H24O6/c1-12(19)6-5-9-14(20)8-4-2-3-7-13-10-15(21)11-16(22)17(13)18(23)24/h3,7,10-12,19,21-22H,2,4-6,8-9H2,1H3,(H,23,24)/b7-3+/t12-/m1/s1. The van der Waals surface area contributed by atoms with Gasteiger partial charge in [-0.1, -0.05) is 12.2 Å². The van der Waals surface area contributed by atoms with Crippen LogP contribution in [0.5, 0.6) is 11.5 Å². The third-order valence-electron chi connectivity index (χ3n) is 3.55. The fourth-order valence-corrected chi connectivity index (χ4v) is 2.34. The predicted molar refractivity (Wildman–Crippen MR) is 90.2 cm³/mol. The maximum absolute atomic E-state index is 11.6. The number of hydrogen-bond acceptors (Lipinski definition) is 5. The van der Waals surface area contributed by atoms with Crippen molar-refractivity contribution < 1.29 is 30.0 Å². The van der Waals surface area contributed by atoms with Gasteiger partial charge in [0.05, 0.1) is 6.10 Å². The lowest BCUT2D eigenvalue weighted by molar-refractivity contribution is -0.119. The van der Waals surface area contributed by atoms with Gasteiger partial charge in [0.2, 0.25) is 0 Å². The largest absolute Gasteiger partial charge is 0.508 e. The number of aromatic carboxylic acids is 1. The summed E-state index contributed by atoms with van der Waals surface area (Å²) in [6, 6.07) is 2.24. The Balaban J connectivity index is 2.48. The Hall–Kier alpha value is -2.34. The average molecular weight is 336 g/mol. The molecule has 0 bridgehead atoms. The topological polar surface area (TPSA) is 115 Å². The van der Waals surface area contributed by atoms with Crippen LogP contribution in [-0.4, -0.2) is 38.3 Å². The molecule has 0 saturated carbocycles. The molecule has 24 heavy (non-hydrogen) atoms. The zero-order valence-corrected chi connectivity index (χ0v) is 13.7. The van der Waals surface area contributed by atoms with Crippen LogP contribution in [0.4, 0.5) is 0 Å². The highest BCUT2D eigenvalue weighted by molar-refractivity contribution is 5.95. The van der Waals surface area contributed by atoms with E-state index in [0.717, 1.165) is 6.07 Å². The molecule has 0 spiro atoms. The minimum absolute atomic E-state index is 0.144. The van der Waals surface area contributed by atoms with E-state index in [2.05, 4.69) is 0 Å². The van der Waals surface area contributed by atoms with Crippen LogP contribution in [-0.2, 0) is 4.79 Å². The third-order valence-corrected chi connectivity index (χ3v) is 3.55. The van der Waals surface area contributed by atoms with Crippen LogP contribution in [0.3, 0.4) is 0 Å². The first-order chi connectivity index (χ1) is 11.3. The number of hydrogen-bond donors (Lipinski definition) is 4. The molecule has 1 aromatic rings. The summed E-state index contributed by atoms with van der Waals surface area (Å²) in [7, 11) is 0. The number of carboxylic acids is 1. The van der Waals surface area contributed by atoms with Crippen molar-refractivity contribution in [3.05, 3.63) is 29.3 Å². The maximum Gasteiger partial charge on any atom is 0.340 e. The van der Waals surface area contributed by atoms with Crippen LogP contribution < -0.4 is 0 Å². The van der Waals surface area contributed by atoms with Gasteiger partial charge in [-0.25, -0.2) is 4.79 Å². The van der Waals surface area contributed by atoms with E-state index in [1.807, 2.05) is 0 Å². The van der Waals surface area contributed by atoms with E-state index in [9.17, 15) is 19.8 Å². The van der Waals surface area contributed by atoms with Gasteiger partial charge in [-0.3, -0.25) is 4.79 Å². The van der Waals surface area contributed by atoms with E-state index >= 15 is 0 Å². The van der Waals surface area contributed by atoms with Gasteiger partial charge in [-0.05, 0) is 44.2 Å². The van der Waals surface area contributed by atoms with Crippen molar-refractivity contribution in [2.45, 2.75) is 51.6 Å². The Morgan fingerprint density at radius 2 is 1.83 bits per heavy atom. The number of rotatable bonds is 10. The summed E-state index contributed by atoms with van der Waals surface area (Å²) in [6.45, 7) is 1.69. The van der Waals surface area contributed by atoms with Crippen molar-refractivity contribution in [3.63, 3.8) is 0 Å². The monoisotopic (exact) mass is 336 g/mol. The van der Waals surface area contributed by atoms with E-state index in [4.69, 9.17) is 10.2 Å². The second-order valence-corrected chi connectivity index (χ2v) is 5.81. The molecule has 0 unspecified atom stereocenters. The second-order valence-electron chi connectivity index (χ2n) is 5.81. The lowest BCUT2D eigenvalue weighted by Gasteiger charge is -2.05. The van der Waals surface area contributed by atoms with Crippen molar-refractivity contribution in [2.24, 2.45) is 0 Å². The van der Waals surface area contributed by atoms with Gasteiger partial charge < -0.3 is 20.4 Å². The summed E-state index contributed by atoms with van der Waals surface area (Å²) in [5.41, 5.74) is -0.0542. The first-order valence-electron chi connectivity index (χ1n) is 7.96. The summed E-state index contributed by atoms with van der Waals surface area (Å²) >= 11 is 0. The normalized spacial score (nSPS) is 12.4. The zero-order valence-electron chi connectivity index (χ0n) is 13.7. The molecule has 0 amide bonds. The molecule has 0 aliphatic carbocycles. The van der Waals surface area contributed by atoms with Crippen LogP contribution in [0.1, 0.15) is 61.4 Å². The van der Waals surface area contributed by atoms with Gasteiger partial charge in [0.1, 0.15) is 22.8 Å². The van der Waals surface area contributed by atoms with E-state index in [-0.39, 0.29) is 28.8 Å². The Morgan fingerprint density at radius 1 is 1.17 bits per heavy atom. The number of allylic oxidation sites excluding steroid dienone is 1. The molecule has 0 aromatic heterocycles. The quantitative estimate of drug-likeness (QED) is 0.488. The molecule has 0 radical (unpaired) electrons. The van der Waals surface area contributed by atoms with Crippen molar-refractivity contribution in [3.8, 4) is 11.5 Å². The Kier molecular flexibility index (Phi) is 7.98. The molecule has 0 fully saturated rings. The SMILES string of the molecule is C[C@@H](O)CCCC(=O)CCC/C=C/c1cc(O)cc(O)c1C(=O)O. The molecule has 0 aliphatic heterocycles. The lowest BCUT2D eigenvalue weighted by atomic mass is 10.0. The third kappa shape index (κ3) is 6.83. The predicted octanol–water partition coefficient (Wildman–Crippen LogP) is 3.10. The Morgan fingerprint density at radius 3 is 2.46 bits per heavy atom. The molecule has 0 aliphatic rings. The van der Waals surface area contributed by atoms with Gasteiger partial charge in [0.15, 0.2) is 0 Å². The average Bonchev–Trinajstić information content (AvgIpc) is 2.45. The number of carboxylic acid groups (broad SMARTS) is 1. The number of unbranched alkanes of at least 4 members (excludes halogenated alkanes) is 1. The van der Waals surface area contributed by atoms with E-state index in [1.54, 1.807) is 13.0 Å². The second kappa shape index (κ2) is 9.72. The molecule has 1 atom stereocenters. The van der Waals surface area contributed by atoms with Gasteiger partial charge >= 0.3 is 5.97 Å². The fourth-order valence-electron chi connectivity index (χ4n) is 2.34. The molecule has 132 valence electrons. The lowest BCUT2D eigenvalue weighted by Crippen LogP contribution is -2.02. The number of benzene rings is 1. The number of carbonyl (C=O) groups excluding carboxylic acids is 1. The van der Waals surface area contributed by atoms with Gasteiger partial charge in [0, 0.05) is 18.9 Å². The van der Waals surface area contributed by atoms with Gasteiger partial charge in [-0.2, -0.15) is 0 Å². The summed E-state index contributed by atoms with van der Waals surface area (Å²) in [6.07, 6.45) is 6.24. The molecule has 0 saturated heterocycles. The summed E-state index contributed by atoms with van der Waals surface area (Å²) in [4.78, 5) is 22.8. The highest BCUT2D eigenvalue weighted by atomic mass is 16.4. The number of phenolic OH excluding ortho intramolecular Hbond substituents is 1. The van der Waals surface area contributed by atoms with E-state index in [0.29, 0.717) is 38.5 Å². The fraction of sp³-hybridized carbons (Fsp3) is 0.444. The highest BCUT2D eigenvalue weighted by Gasteiger charge is 2.15. The Bertz CT molecular complexity index is 604. The number of carbonyl (C=O) groups is 2. The summed E-state index contributed by atoms with van der Waals surface area (Å²) < 4.78 is 0. The summed E-state index contributed by atoms with van der Waals surface area (Å²) in [5.74, 6) is -1.84. The number of phenols is 2. The molecular formula is C18H24O6. The van der Waals surface area contributed by atoms with Crippen LogP contribution in [0.25, 0.3) is 6.08 Å². The van der Waals surface area contributed by atoms with E-state index < -0.39 is 11.7 Å².